The Morgan fingerprint density at radius 3 is 2.61 bits per heavy atom. The van der Waals surface area contributed by atoms with Crippen molar-refractivity contribution in [3.05, 3.63) is 47.0 Å². The molecule has 0 aliphatic carbocycles. The van der Waals surface area contributed by atoms with Crippen molar-refractivity contribution < 1.29 is 34.3 Å². The highest BCUT2D eigenvalue weighted by atomic mass is 16.5. The summed E-state index contributed by atoms with van der Waals surface area (Å²) < 4.78 is 18.7. The molecule has 0 fully saturated rings. The van der Waals surface area contributed by atoms with Crippen LogP contribution < -0.4 is 14.2 Å². The summed E-state index contributed by atoms with van der Waals surface area (Å²) in [5, 5.41) is 31.6. The van der Waals surface area contributed by atoms with Gasteiger partial charge in [-0.2, -0.15) is 0 Å². The number of ketones is 1. The number of hydrogen-bond acceptors (Lipinski definition) is 7. The van der Waals surface area contributed by atoms with Crippen molar-refractivity contribution in [3.63, 3.8) is 0 Å². The second-order valence-corrected chi connectivity index (χ2v) is 9.84. The van der Waals surface area contributed by atoms with Gasteiger partial charge >= 0.3 is 0 Å². The van der Waals surface area contributed by atoms with Gasteiger partial charge in [-0.1, -0.05) is 6.92 Å². The Morgan fingerprint density at radius 2 is 1.91 bits per heavy atom. The molecule has 4 unspecified atom stereocenters. The first-order valence-corrected chi connectivity index (χ1v) is 11.2. The number of ether oxygens (including phenoxy) is 3. The fourth-order valence-corrected chi connectivity index (χ4v) is 4.74. The molecule has 7 heteroatoms. The molecule has 0 saturated carbocycles. The Balaban J connectivity index is 1.68. The number of Topliss-reactive ketones (excluding diaryl/α,β-unsaturated/α-hetero) is 1. The summed E-state index contributed by atoms with van der Waals surface area (Å²) in [4.78, 5) is 13.8. The van der Waals surface area contributed by atoms with Gasteiger partial charge in [-0.25, -0.2) is 0 Å². The predicted octanol–water partition coefficient (Wildman–Crippen LogP) is 4.53. The monoisotopic (exact) mass is 452 g/mol. The Kier molecular flexibility index (Phi) is 4.69. The third kappa shape index (κ3) is 3.42. The molecule has 174 valence electrons. The molecule has 0 aromatic heterocycles. The topological polar surface area (TPSA) is 105 Å². The molecule has 0 radical (unpaired) electrons. The Morgan fingerprint density at radius 1 is 1.15 bits per heavy atom. The zero-order valence-corrected chi connectivity index (χ0v) is 19.1. The van der Waals surface area contributed by atoms with E-state index in [1.165, 1.54) is 18.2 Å². The summed E-state index contributed by atoms with van der Waals surface area (Å²) in [5.74, 6) is -0.0898. The quantitative estimate of drug-likeness (QED) is 0.615. The number of carbonyl (C=O) groups excluding carboxylic acids is 1. The molecule has 0 spiro atoms. The smallest absolute Gasteiger partial charge is 0.177 e. The number of fused-ring (bicyclic) bond motifs is 6. The minimum atomic E-state index is -1.25. The molecular weight excluding hydrogens is 424 g/mol. The first-order valence-electron chi connectivity index (χ1n) is 11.2. The second-order valence-electron chi connectivity index (χ2n) is 9.84. The molecule has 2 aromatic rings. The van der Waals surface area contributed by atoms with Crippen LogP contribution in [0, 0.1) is 5.92 Å². The number of carbonyl (C=O) groups is 1. The predicted molar refractivity (Wildman–Crippen MR) is 121 cm³/mol. The van der Waals surface area contributed by atoms with E-state index in [4.69, 9.17) is 14.2 Å². The van der Waals surface area contributed by atoms with Gasteiger partial charge in [0.15, 0.2) is 5.78 Å². The number of phenols is 2. The first-order chi connectivity index (χ1) is 15.5. The molecule has 0 saturated heterocycles. The lowest BCUT2D eigenvalue weighted by Gasteiger charge is -2.37. The average molecular weight is 453 g/mol. The highest BCUT2D eigenvalue weighted by Crippen LogP contribution is 2.53. The molecule has 4 atom stereocenters. The summed E-state index contributed by atoms with van der Waals surface area (Å²) in [6, 6.07) is 6.12. The summed E-state index contributed by atoms with van der Waals surface area (Å²) in [5.41, 5.74) is -0.461. The van der Waals surface area contributed by atoms with Crippen LogP contribution in [0.4, 0.5) is 0 Å². The van der Waals surface area contributed by atoms with Crippen molar-refractivity contribution in [3.8, 4) is 28.7 Å². The zero-order chi connectivity index (χ0) is 23.7. The van der Waals surface area contributed by atoms with Gasteiger partial charge in [0.2, 0.25) is 0 Å². The number of hydrogen-bond donors (Lipinski definition) is 3. The van der Waals surface area contributed by atoms with E-state index in [0.717, 1.165) is 6.42 Å². The molecule has 2 aromatic carbocycles. The molecule has 3 aliphatic rings. The molecule has 5 rings (SSSR count). The molecule has 0 bridgehead atoms. The molecule has 3 aliphatic heterocycles. The number of aliphatic hydroxyl groups is 1. The highest BCUT2D eigenvalue weighted by molar-refractivity contribution is 6.06. The number of phenolic OH excluding ortho intramolecular Hbond substituents is 2. The van der Waals surface area contributed by atoms with Crippen LogP contribution in [0.3, 0.4) is 0 Å². The minimum absolute atomic E-state index is 0.00874. The molecule has 3 N–H and O–H groups in total. The maximum absolute atomic E-state index is 13.8. The van der Waals surface area contributed by atoms with Crippen LogP contribution in [0.25, 0.3) is 6.08 Å². The van der Waals surface area contributed by atoms with Crippen molar-refractivity contribution in [1.82, 2.24) is 0 Å². The molecule has 0 amide bonds. The van der Waals surface area contributed by atoms with Crippen LogP contribution in [0.1, 0.15) is 68.1 Å². The standard InChI is InChI=1S/C26H28O7/c1-5-26(4)9-8-15-19(33-26)12-17(28)21-22(29)16-11-20(25(2,3)30)31-18-10-13(27)6-7-14(18)23(16)32-24(15)21/h6-10,12,16,20,23,27-28,30H,5,11H2,1-4H3. The zero-order valence-electron chi connectivity index (χ0n) is 19.1. The molecular formula is C26H28O7. The molecule has 3 heterocycles. The van der Waals surface area contributed by atoms with Gasteiger partial charge in [0.25, 0.3) is 0 Å². The highest BCUT2D eigenvalue weighted by Gasteiger charge is 2.48. The van der Waals surface area contributed by atoms with Crippen molar-refractivity contribution in [2.45, 2.75) is 63.9 Å². The maximum Gasteiger partial charge on any atom is 0.177 e. The Hall–Kier alpha value is -3.19. The average Bonchev–Trinajstić information content (AvgIpc) is 2.90. The summed E-state index contributed by atoms with van der Waals surface area (Å²) in [7, 11) is 0. The second kappa shape index (κ2) is 7.15. The fraction of sp³-hybridized carbons (Fsp3) is 0.423. The van der Waals surface area contributed by atoms with E-state index in [0.29, 0.717) is 22.6 Å². The van der Waals surface area contributed by atoms with Crippen molar-refractivity contribution in [2.75, 3.05) is 0 Å². The van der Waals surface area contributed by atoms with Gasteiger partial charge in [0.1, 0.15) is 52.1 Å². The third-order valence-corrected chi connectivity index (χ3v) is 6.93. The van der Waals surface area contributed by atoms with Gasteiger partial charge in [-0.3, -0.25) is 4.79 Å². The van der Waals surface area contributed by atoms with Crippen LogP contribution in [0.15, 0.2) is 30.3 Å². The van der Waals surface area contributed by atoms with E-state index in [-0.39, 0.29) is 35.0 Å². The van der Waals surface area contributed by atoms with E-state index in [1.54, 1.807) is 19.9 Å². The molecule has 7 nitrogen and oxygen atoms in total. The minimum Gasteiger partial charge on any atom is -0.508 e. The summed E-state index contributed by atoms with van der Waals surface area (Å²) in [6.07, 6.45) is 3.27. The third-order valence-electron chi connectivity index (χ3n) is 6.93. The van der Waals surface area contributed by atoms with Crippen molar-refractivity contribution >= 4 is 11.9 Å². The first kappa shape index (κ1) is 21.6. The van der Waals surface area contributed by atoms with E-state index < -0.39 is 29.3 Å². The lowest BCUT2D eigenvalue weighted by Crippen LogP contribution is -2.43. The van der Waals surface area contributed by atoms with Crippen LogP contribution in [-0.2, 0) is 0 Å². The number of rotatable bonds is 2. The Labute approximate surface area is 192 Å². The van der Waals surface area contributed by atoms with Gasteiger partial charge < -0.3 is 29.5 Å². The van der Waals surface area contributed by atoms with Crippen LogP contribution in [-0.4, -0.2) is 38.4 Å². The van der Waals surface area contributed by atoms with Crippen molar-refractivity contribution in [2.24, 2.45) is 5.92 Å². The maximum atomic E-state index is 13.8. The Bertz CT molecular complexity index is 1180. The lowest BCUT2D eigenvalue weighted by atomic mass is 9.79. The summed E-state index contributed by atoms with van der Waals surface area (Å²) in [6.45, 7) is 7.19. The molecule has 33 heavy (non-hydrogen) atoms. The van der Waals surface area contributed by atoms with E-state index >= 15 is 0 Å². The van der Waals surface area contributed by atoms with Gasteiger partial charge in [0.05, 0.1) is 17.1 Å². The largest absolute Gasteiger partial charge is 0.508 e. The van der Waals surface area contributed by atoms with Crippen LogP contribution in [0.2, 0.25) is 0 Å². The number of benzene rings is 2. The van der Waals surface area contributed by atoms with E-state index in [1.807, 2.05) is 26.0 Å². The lowest BCUT2D eigenvalue weighted by molar-refractivity contribution is -0.0436. The van der Waals surface area contributed by atoms with Gasteiger partial charge in [-0.05, 0) is 51.5 Å². The fourth-order valence-electron chi connectivity index (χ4n) is 4.74. The van der Waals surface area contributed by atoms with Crippen molar-refractivity contribution in [1.29, 1.82) is 0 Å². The van der Waals surface area contributed by atoms with Gasteiger partial charge in [0, 0.05) is 24.1 Å². The summed E-state index contributed by atoms with van der Waals surface area (Å²) >= 11 is 0. The van der Waals surface area contributed by atoms with E-state index in [9.17, 15) is 20.1 Å². The SMILES string of the molecule is CCC1(C)C=Cc2c(cc(O)c3c2OC2c4ccc(O)cc4OC(C(C)(C)O)CC2C3=O)O1. The number of aromatic hydroxyl groups is 2. The van der Waals surface area contributed by atoms with Crippen LogP contribution in [0.5, 0.6) is 28.7 Å². The van der Waals surface area contributed by atoms with Crippen LogP contribution >= 0.6 is 0 Å². The van der Waals surface area contributed by atoms with Gasteiger partial charge in [-0.15, -0.1) is 0 Å². The van der Waals surface area contributed by atoms with E-state index in [2.05, 4.69) is 0 Å². The normalized spacial score (nSPS) is 27.7.